The molecule has 0 bridgehead atoms. The summed E-state index contributed by atoms with van der Waals surface area (Å²) in [5.41, 5.74) is 0.980. The van der Waals surface area contributed by atoms with Gasteiger partial charge in [-0.05, 0) is 24.5 Å². The molecule has 3 aromatic rings. The first-order valence-electron chi connectivity index (χ1n) is 8.10. The zero-order valence-electron chi connectivity index (χ0n) is 13.4. The second-order valence-electron chi connectivity index (χ2n) is 5.96. The first kappa shape index (κ1) is 15.9. The minimum absolute atomic E-state index is 0.183. The molecule has 0 spiro atoms. The van der Waals surface area contributed by atoms with E-state index in [-0.39, 0.29) is 17.7 Å². The van der Waals surface area contributed by atoms with Gasteiger partial charge in [0.2, 0.25) is 11.7 Å². The van der Waals surface area contributed by atoms with Crippen molar-refractivity contribution in [2.75, 3.05) is 6.54 Å². The summed E-state index contributed by atoms with van der Waals surface area (Å²) in [6.45, 7) is 0.645. The van der Waals surface area contributed by atoms with E-state index in [0.717, 1.165) is 24.2 Å². The van der Waals surface area contributed by atoms with Crippen molar-refractivity contribution < 1.29 is 13.6 Å². The normalized spacial score (nSPS) is 17.2. The molecule has 0 aliphatic carbocycles. The van der Waals surface area contributed by atoms with Crippen molar-refractivity contribution in [1.29, 1.82) is 0 Å². The van der Waals surface area contributed by atoms with E-state index in [1.54, 1.807) is 11.1 Å². The molecule has 2 aromatic heterocycles. The SMILES string of the molecule is O=C(c1cnco1)N1CCC[C@H]1c1ncc(Cc2ccccc2Cl)o1. The Morgan fingerprint density at radius 2 is 2.20 bits per heavy atom. The van der Waals surface area contributed by atoms with Crippen molar-refractivity contribution in [2.45, 2.75) is 25.3 Å². The lowest BCUT2D eigenvalue weighted by atomic mass is 10.1. The van der Waals surface area contributed by atoms with Crippen LogP contribution in [0.4, 0.5) is 0 Å². The number of oxazole rings is 2. The van der Waals surface area contributed by atoms with Gasteiger partial charge >= 0.3 is 0 Å². The maximum Gasteiger partial charge on any atom is 0.291 e. The van der Waals surface area contributed by atoms with Crippen LogP contribution in [0.1, 0.15) is 46.7 Å². The molecular formula is C18H16ClN3O3. The molecule has 1 aromatic carbocycles. The molecule has 3 heterocycles. The fraction of sp³-hybridized carbons (Fsp3) is 0.278. The van der Waals surface area contributed by atoms with Gasteiger partial charge in [0.05, 0.1) is 12.4 Å². The molecule has 1 amide bonds. The lowest BCUT2D eigenvalue weighted by Crippen LogP contribution is -2.30. The van der Waals surface area contributed by atoms with Gasteiger partial charge in [-0.2, -0.15) is 0 Å². The summed E-state index contributed by atoms with van der Waals surface area (Å²) in [6, 6.07) is 7.46. The maximum atomic E-state index is 12.5. The van der Waals surface area contributed by atoms with Crippen LogP contribution in [0.5, 0.6) is 0 Å². The van der Waals surface area contributed by atoms with Gasteiger partial charge in [0.15, 0.2) is 6.39 Å². The number of carbonyl (C=O) groups excluding carboxylic acids is 1. The molecule has 1 fully saturated rings. The Balaban J connectivity index is 1.53. The molecule has 6 nitrogen and oxygen atoms in total. The van der Waals surface area contributed by atoms with E-state index in [2.05, 4.69) is 9.97 Å². The third-order valence-corrected chi connectivity index (χ3v) is 4.70. The quantitative estimate of drug-likeness (QED) is 0.708. The van der Waals surface area contributed by atoms with Crippen molar-refractivity contribution in [3.63, 3.8) is 0 Å². The van der Waals surface area contributed by atoms with Gasteiger partial charge in [-0.25, -0.2) is 9.97 Å². The zero-order chi connectivity index (χ0) is 17.2. The van der Waals surface area contributed by atoms with Gasteiger partial charge in [-0.15, -0.1) is 0 Å². The fourth-order valence-electron chi connectivity index (χ4n) is 3.12. The summed E-state index contributed by atoms with van der Waals surface area (Å²) in [7, 11) is 0. The number of benzene rings is 1. The minimum Gasteiger partial charge on any atom is -0.443 e. The summed E-state index contributed by atoms with van der Waals surface area (Å²) in [4.78, 5) is 22.5. The Morgan fingerprint density at radius 1 is 1.32 bits per heavy atom. The molecule has 1 aliphatic rings. The highest BCUT2D eigenvalue weighted by Crippen LogP contribution is 2.33. The largest absolute Gasteiger partial charge is 0.443 e. The number of hydrogen-bond acceptors (Lipinski definition) is 5. The van der Waals surface area contributed by atoms with Crippen molar-refractivity contribution in [3.8, 4) is 0 Å². The fourth-order valence-corrected chi connectivity index (χ4v) is 3.32. The van der Waals surface area contributed by atoms with Gasteiger partial charge in [0.25, 0.3) is 5.91 Å². The van der Waals surface area contributed by atoms with Crippen LogP contribution in [0.15, 0.2) is 51.9 Å². The van der Waals surface area contributed by atoms with Gasteiger partial charge < -0.3 is 13.7 Å². The van der Waals surface area contributed by atoms with Crippen LogP contribution in [0.3, 0.4) is 0 Å². The lowest BCUT2D eigenvalue weighted by Gasteiger charge is -2.20. The van der Waals surface area contributed by atoms with E-state index in [9.17, 15) is 4.79 Å². The van der Waals surface area contributed by atoms with Crippen LogP contribution in [-0.4, -0.2) is 27.3 Å². The summed E-state index contributed by atoms with van der Waals surface area (Å²) in [5.74, 6) is 1.31. The Labute approximate surface area is 149 Å². The van der Waals surface area contributed by atoms with Crippen molar-refractivity contribution in [2.24, 2.45) is 0 Å². The second-order valence-corrected chi connectivity index (χ2v) is 6.36. The summed E-state index contributed by atoms with van der Waals surface area (Å²) in [5, 5.41) is 0.698. The number of carbonyl (C=O) groups is 1. The van der Waals surface area contributed by atoms with Crippen LogP contribution in [0, 0.1) is 0 Å². The maximum absolute atomic E-state index is 12.5. The monoisotopic (exact) mass is 357 g/mol. The molecule has 1 saturated heterocycles. The molecule has 0 saturated carbocycles. The van der Waals surface area contributed by atoms with Crippen LogP contribution >= 0.6 is 11.6 Å². The van der Waals surface area contributed by atoms with Crippen LogP contribution in [0.25, 0.3) is 0 Å². The Morgan fingerprint density at radius 3 is 3.00 bits per heavy atom. The Bertz CT molecular complexity index is 875. The number of nitrogens with zero attached hydrogens (tertiary/aromatic N) is 3. The first-order chi connectivity index (χ1) is 12.2. The highest BCUT2D eigenvalue weighted by molar-refractivity contribution is 6.31. The van der Waals surface area contributed by atoms with E-state index in [0.29, 0.717) is 23.9 Å². The Hall–Kier alpha value is -2.60. The predicted octanol–water partition coefficient (Wildman–Crippen LogP) is 3.88. The molecule has 1 aliphatic heterocycles. The lowest BCUT2D eigenvalue weighted by molar-refractivity contribution is 0.0682. The third kappa shape index (κ3) is 3.17. The number of amides is 1. The van der Waals surface area contributed by atoms with Crippen LogP contribution in [-0.2, 0) is 6.42 Å². The van der Waals surface area contributed by atoms with E-state index in [1.807, 2.05) is 24.3 Å². The van der Waals surface area contributed by atoms with E-state index in [1.165, 1.54) is 12.6 Å². The average Bonchev–Trinajstić information content (AvgIpc) is 3.37. The van der Waals surface area contributed by atoms with Gasteiger partial charge in [0.1, 0.15) is 11.8 Å². The van der Waals surface area contributed by atoms with Gasteiger partial charge in [-0.1, -0.05) is 29.8 Å². The van der Waals surface area contributed by atoms with Crippen molar-refractivity contribution in [3.05, 3.63) is 71.1 Å². The minimum atomic E-state index is -0.189. The van der Waals surface area contributed by atoms with Gasteiger partial charge in [0, 0.05) is 18.0 Å². The van der Waals surface area contributed by atoms with Crippen molar-refractivity contribution >= 4 is 17.5 Å². The smallest absolute Gasteiger partial charge is 0.291 e. The molecule has 7 heteroatoms. The highest BCUT2D eigenvalue weighted by Gasteiger charge is 2.35. The van der Waals surface area contributed by atoms with E-state index >= 15 is 0 Å². The van der Waals surface area contributed by atoms with Crippen LogP contribution < -0.4 is 0 Å². The summed E-state index contributed by atoms with van der Waals surface area (Å²) in [6.07, 6.45) is 6.66. The van der Waals surface area contributed by atoms with Gasteiger partial charge in [-0.3, -0.25) is 4.79 Å². The predicted molar refractivity (Wildman–Crippen MR) is 90.3 cm³/mol. The number of rotatable bonds is 4. The Kier molecular flexibility index (Phi) is 4.28. The summed E-state index contributed by atoms with van der Waals surface area (Å²) < 4.78 is 11.0. The molecule has 25 heavy (non-hydrogen) atoms. The molecule has 4 rings (SSSR count). The first-order valence-corrected chi connectivity index (χ1v) is 8.47. The molecule has 0 N–H and O–H groups in total. The number of likely N-dealkylation sites (tertiary alicyclic amines) is 1. The van der Waals surface area contributed by atoms with Crippen LogP contribution in [0.2, 0.25) is 5.02 Å². The summed E-state index contributed by atoms with van der Waals surface area (Å²) >= 11 is 6.20. The third-order valence-electron chi connectivity index (χ3n) is 4.34. The topological polar surface area (TPSA) is 72.4 Å². The molecule has 0 unspecified atom stereocenters. The highest BCUT2D eigenvalue weighted by atomic mass is 35.5. The zero-order valence-corrected chi connectivity index (χ0v) is 14.1. The molecule has 0 radical (unpaired) electrons. The standard InChI is InChI=1S/C18H16ClN3O3/c19-14-5-2-1-4-12(14)8-13-9-21-17(25-13)15-6-3-7-22(15)18(23)16-10-20-11-24-16/h1-2,4-5,9-11,15H,3,6-8H2/t15-/m0/s1. The number of hydrogen-bond donors (Lipinski definition) is 0. The number of halogens is 1. The van der Waals surface area contributed by atoms with E-state index < -0.39 is 0 Å². The second kappa shape index (κ2) is 6.72. The molecule has 128 valence electrons. The van der Waals surface area contributed by atoms with E-state index in [4.69, 9.17) is 20.4 Å². The van der Waals surface area contributed by atoms with Crippen molar-refractivity contribution in [1.82, 2.24) is 14.9 Å². The molecular weight excluding hydrogens is 342 g/mol. The number of aromatic nitrogens is 2. The average molecular weight is 358 g/mol. The molecule has 1 atom stereocenters.